The van der Waals surface area contributed by atoms with Gasteiger partial charge in [0.05, 0.1) is 13.2 Å². The van der Waals surface area contributed by atoms with Gasteiger partial charge in [0.2, 0.25) is 0 Å². The quantitative estimate of drug-likeness (QED) is 0.535. The Hall–Kier alpha value is -0.490. The molecule has 0 radical (unpaired) electrons. The molecule has 0 amide bonds. The summed E-state index contributed by atoms with van der Waals surface area (Å²) in [6.07, 6.45) is -2.37. The first-order valence-corrected chi connectivity index (χ1v) is 4.24. The normalized spacial score (nSPS) is 10.2. The number of ether oxygens (including phenoxy) is 1. The number of nitrogens with one attached hydrogen (secondary N) is 1. The van der Waals surface area contributed by atoms with Gasteiger partial charge in [0.25, 0.3) is 6.43 Å². The van der Waals surface area contributed by atoms with Crippen LogP contribution in [0.4, 0.5) is 8.78 Å². The fraction of sp³-hybridized carbons (Fsp3) is 0.857. The highest BCUT2D eigenvalue weighted by atomic mass is 32.1. The molecule has 0 aliphatic heterocycles. The molecule has 3 nitrogen and oxygen atoms in total. The number of rotatable bonds is 5. The van der Waals surface area contributed by atoms with Crippen molar-refractivity contribution in [2.24, 2.45) is 0 Å². The van der Waals surface area contributed by atoms with Crippen molar-refractivity contribution in [2.45, 2.75) is 6.43 Å². The van der Waals surface area contributed by atoms with E-state index in [4.69, 9.17) is 17.0 Å². The Balaban J connectivity index is 3.57. The molecule has 0 saturated heterocycles. The van der Waals surface area contributed by atoms with Crippen molar-refractivity contribution in [3.63, 3.8) is 0 Å². The topological polar surface area (TPSA) is 24.5 Å². The SMILES string of the molecule is COCCNC(=S)N(C)CC(F)F. The van der Waals surface area contributed by atoms with Crippen LogP contribution in [0, 0.1) is 0 Å². The van der Waals surface area contributed by atoms with Crippen LogP contribution >= 0.6 is 12.2 Å². The molecule has 78 valence electrons. The maximum atomic E-state index is 11.9. The monoisotopic (exact) mass is 212 g/mol. The van der Waals surface area contributed by atoms with Crippen molar-refractivity contribution < 1.29 is 13.5 Å². The van der Waals surface area contributed by atoms with Crippen LogP contribution in [0.5, 0.6) is 0 Å². The minimum Gasteiger partial charge on any atom is -0.383 e. The Morgan fingerprint density at radius 3 is 2.69 bits per heavy atom. The van der Waals surface area contributed by atoms with E-state index in [1.54, 1.807) is 7.11 Å². The number of methoxy groups -OCH3 is 1. The Labute approximate surface area is 82.0 Å². The summed E-state index contributed by atoms with van der Waals surface area (Å²) in [5.41, 5.74) is 0. The van der Waals surface area contributed by atoms with E-state index in [2.05, 4.69) is 5.32 Å². The number of alkyl halides is 2. The van der Waals surface area contributed by atoms with E-state index in [0.717, 1.165) is 0 Å². The Bertz CT molecular complexity index is 157. The predicted octanol–water partition coefficient (Wildman–Crippen LogP) is 0.704. The van der Waals surface area contributed by atoms with Gasteiger partial charge in [-0.15, -0.1) is 0 Å². The van der Waals surface area contributed by atoms with E-state index < -0.39 is 6.43 Å². The van der Waals surface area contributed by atoms with Crippen molar-refractivity contribution in [2.75, 3.05) is 33.9 Å². The van der Waals surface area contributed by atoms with Crippen molar-refractivity contribution in [1.82, 2.24) is 10.2 Å². The maximum Gasteiger partial charge on any atom is 0.255 e. The second-order valence-electron chi connectivity index (χ2n) is 2.50. The summed E-state index contributed by atoms with van der Waals surface area (Å²) in [6.45, 7) is 0.685. The highest BCUT2D eigenvalue weighted by Gasteiger charge is 2.09. The molecule has 13 heavy (non-hydrogen) atoms. The zero-order valence-corrected chi connectivity index (χ0v) is 8.53. The van der Waals surface area contributed by atoms with Gasteiger partial charge in [-0.3, -0.25) is 0 Å². The van der Waals surface area contributed by atoms with E-state index in [1.165, 1.54) is 11.9 Å². The molecule has 0 heterocycles. The highest BCUT2D eigenvalue weighted by Crippen LogP contribution is 1.95. The first-order valence-electron chi connectivity index (χ1n) is 3.84. The largest absolute Gasteiger partial charge is 0.383 e. The van der Waals surface area contributed by atoms with Crippen LogP contribution in [0.2, 0.25) is 0 Å². The van der Waals surface area contributed by atoms with E-state index >= 15 is 0 Å². The number of thiocarbonyl (C=S) groups is 1. The van der Waals surface area contributed by atoms with Crippen LogP contribution in [0.25, 0.3) is 0 Å². The summed E-state index contributed by atoms with van der Waals surface area (Å²) in [5, 5.41) is 3.10. The molecule has 0 bridgehead atoms. The minimum absolute atomic E-state index is 0.317. The second-order valence-corrected chi connectivity index (χ2v) is 2.88. The summed E-state index contributed by atoms with van der Waals surface area (Å²) >= 11 is 4.83. The summed E-state index contributed by atoms with van der Waals surface area (Å²) in [5.74, 6) is 0. The van der Waals surface area contributed by atoms with Crippen LogP contribution < -0.4 is 5.32 Å². The molecule has 0 fully saturated rings. The fourth-order valence-corrected chi connectivity index (χ4v) is 0.862. The van der Waals surface area contributed by atoms with Crippen LogP contribution in [0.15, 0.2) is 0 Å². The standard InChI is InChI=1S/C7H14F2N2OS/c1-11(5-6(8)9)7(13)10-3-4-12-2/h6H,3-5H2,1-2H3,(H,10,13). The lowest BCUT2D eigenvalue weighted by Gasteiger charge is -2.20. The lowest BCUT2D eigenvalue weighted by molar-refractivity contribution is 0.123. The molecule has 0 atom stereocenters. The van der Waals surface area contributed by atoms with Gasteiger partial charge in [0, 0.05) is 20.7 Å². The lowest BCUT2D eigenvalue weighted by atomic mass is 10.6. The number of halogens is 2. The Kier molecular flexibility index (Phi) is 6.70. The highest BCUT2D eigenvalue weighted by molar-refractivity contribution is 7.80. The first kappa shape index (κ1) is 12.5. The van der Waals surface area contributed by atoms with Crippen molar-refractivity contribution in [3.05, 3.63) is 0 Å². The molecule has 0 aliphatic carbocycles. The summed E-state index contributed by atoms with van der Waals surface area (Å²) in [6, 6.07) is 0. The molecule has 1 N–H and O–H groups in total. The van der Waals surface area contributed by atoms with Gasteiger partial charge >= 0.3 is 0 Å². The second kappa shape index (κ2) is 6.97. The van der Waals surface area contributed by atoms with Crippen LogP contribution in [0.1, 0.15) is 0 Å². The summed E-state index contributed by atoms with van der Waals surface area (Å²) in [7, 11) is 3.09. The fourth-order valence-electron chi connectivity index (χ4n) is 0.685. The van der Waals surface area contributed by atoms with Crippen molar-refractivity contribution in [1.29, 1.82) is 0 Å². The molecule has 0 unspecified atom stereocenters. The van der Waals surface area contributed by atoms with Gasteiger partial charge in [-0.05, 0) is 12.2 Å². The molecule has 0 saturated carbocycles. The summed E-state index contributed by atoms with van der Waals surface area (Å²) in [4.78, 5) is 1.30. The molecule has 0 spiro atoms. The van der Waals surface area contributed by atoms with Crippen LogP contribution in [0.3, 0.4) is 0 Å². The smallest absolute Gasteiger partial charge is 0.255 e. The average Bonchev–Trinajstić information content (AvgIpc) is 2.03. The number of nitrogens with zero attached hydrogens (tertiary/aromatic N) is 1. The van der Waals surface area contributed by atoms with E-state index in [0.29, 0.717) is 18.3 Å². The molecular weight excluding hydrogens is 198 g/mol. The van der Waals surface area contributed by atoms with Crippen LogP contribution in [-0.2, 0) is 4.74 Å². The molecule has 0 rings (SSSR count). The molecule has 0 aromatic rings. The maximum absolute atomic E-state index is 11.9. The third-order valence-electron chi connectivity index (χ3n) is 1.34. The van der Waals surface area contributed by atoms with Crippen LogP contribution in [-0.4, -0.2) is 50.3 Å². The van der Waals surface area contributed by atoms with E-state index in [9.17, 15) is 8.78 Å². The predicted molar refractivity (Wildman–Crippen MR) is 51.1 cm³/mol. The van der Waals surface area contributed by atoms with E-state index in [-0.39, 0.29) is 6.54 Å². The zero-order valence-electron chi connectivity index (χ0n) is 7.72. The van der Waals surface area contributed by atoms with Crippen molar-refractivity contribution >= 4 is 17.3 Å². The van der Waals surface area contributed by atoms with Gasteiger partial charge in [-0.25, -0.2) is 8.78 Å². The first-order chi connectivity index (χ1) is 6.07. The third kappa shape index (κ3) is 6.65. The minimum atomic E-state index is -2.37. The molecular formula is C7H14F2N2OS. The summed E-state index contributed by atoms with van der Waals surface area (Å²) < 4.78 is 28.5. The number of hydrogen-bond acceptors (Lipinski definition) is 2. The molecule has 0 aliphatic rings. The zero-order chi connectivity index (χ0) is 10.3. The Morgan fingerprint density at radius 1 is 1.62 bits per heavy atom. The third-order valence-corrected chi connectivity index (χ3v) is 1.80. The molecule has 6 heteroatoms. The van der Waals surface area contributed by atoms with E-state index in [1.807, 2.05) is 0 Å². The van der Waals surface area contributed by atoms with Gasteiger partial charge in [-0.1, -0.05) is 0 Å². The van der Waals surface area contributed by atoms with Crippen molar-refractivity contribution in [3.8, 4) is 0 Å². The average molecular weight is 212 g/mol. The van der Waals surface area contributed by atoms with Gasteiger partial charge < -0.3 is 15.0 Å². The Morgan fingerprint density at radius 2 is 2.23 bits per heavy atom. The molecule has 0 aromatic carbocycles. The molecule has 0 aromatic heterocycles. The number of hydrogen-bond donors (Lipinski definition) is 1. The van der Waals surface area contributed by atoms with Gasteiger partial charge in [0.1, 0.15) is 0 Å². The van der Waals surface area contributed by atoms with Gasteiger partial charge in [-0.2, -0.15) is 0 Å². The lowest BCUT2D eigenvalue weighted by Crippen LogP contribution is -2.40. The van der Waals surface area contributed by atoms with Gasteiger partial charge in [0.15, 0.2) is 5.11 Å².